The molecule has 0 saturated carbocycles. The molecule has 4 nitrogen and oxygen atoms in total. The number of fused-ring (bicyclic) bond motifs is 1. The lowest BCUT2D eigenvalue weighted by Crippen LogP contribution is -2.05. The van der Waals surface area contributed by atoms with E-state index in [-0.39, 0.29) is 6.10 Å². The summed E-state index contributed by atoms with van der Waals surface area (Å²) in [7, 11) is 0. The van der Waals surface area contributed by atoms with Gasteiger partial charge in [-0.1, -0.05) is 5.16 Å². The van der Waals surface area contributed by atoms with Gasteiger partial charge in [0.15, 0.2) is 0 Å². The molecule has 0 fully saturated rings. The lowest BCUT2D eigenvalue weighted by Gasteiger charge is -2.10. The van der Waals surface area contributed by atoms with E-state index < -0.39 is 0 Å². The maximum Gasteiger partial charge on any atom is 0.133 e. The third-order valence-corrected chi connectivity index (χ3v) is 3.12. The van der Waals surface area contributed by atoms with Gasteiger partial charge in [-0.25, -0.2) is 0 Å². The molecule has 3 aromatic rings. The van der Waals surface area contributed by atoms with Crippen LogP contribution < -0.4 is 4.74 Å². The van der Waals surface area contributed by atoms with Crippen LogP contribution in [0.4, 0.5) is 0 Å². The molecular weight excluding hydrogens is 252 g/mol. The SMILES string of the molecule is Cc1cc(Cn2ccc3cc(OC(C)C)ccc32)no1. The molecule has 3 rings (SSSR count). The van der Waals surface area contributed by atoms with Gasteiger partial charge in [-0.05, 0) is 45.0 Å². The number of hydrogen-bond acceptors (Lipinski definition) is 3. The first-order chi connectivity index (χ1) is 9.61. The van der Waals surface area contributed by atoms with Crippen LogP contribution in [0.5, 0.6) is 5.75 Å². The summed E-state index contributed by atoms with van der Waals surface area (Å²) in [5.41, 5.74) is 2.10. The number of nitrogens with zero attached hydrogens (tertiary/aromatic N) is 2. The molecule has 0 radical (unpaired) electrons. The molecule has 0 N–H and O–H groups in total. The minimum absolute atomic E-state index is 0.188. The highest BCUT2D eigenvalue weighted by Crippen LogP contribution is 2.23. The van der Waals surface area contributed by atoms with E-state index >= 15 is 0 Å². The first-order valence-electron chi connectivity index (χ1n) is 6.79. The van der Waals surface area contributed by atoms with E-state index in [9.17, 15) is 0 Å². The number of rotatable bonds is 4. The van der Waals surface area contributed by atoms with Crippen molar-refractivity contribution in [3.8, 4) is 5.75 Å². The fourth-order valence-corrected chi connectivity index (χ4v) is 2.33. The Hall–Kier alpha value is -2.23. The van der Waals surface area contributed by atoms with E-state index in [0.29, 0.717) is 6.54 Å². The standard InChI is InChI=1S/C16H18N2O2/c1-11(2)19-15-4-5-16-13(9-15)6-7-18(16)10-14-8-12(3)20-17-14/h4-9,11H,10H2,1-3H3. The fourth-order valence-electron chi connectivity index (χ4n) is 2.33. The highest BCUT2D eigenvalue weighted by Gasteiger charge is 2.07. The number of hydrogen-bond donors (Lipinski definition) is 0. The minimum Gasteiger partial charge on any atom is -0.491 e. The molecule has 2 aromatic heterocycles. The van der Waals surface area contributed by atoms with Crippen molar-refractivity contribution in [2.24, 2.45) is 0 Å². The molecule has 0 aliphatic rings. The van der Waals surface area contributed by atoms with Gasteiger partial charge in [0, 0.05) is 23.2 Å². The maximum absolute atomic E-state index is 5.72. The van der Waals surface area contributed by atoms with E-state index in [2.05, 4.69) is 34.1 Å². The van der Waals surface area contributed by atoms with E-state index in [1.54, 1.807) is 0 Å². The normalized spacial score (nSPS) is 11.4. The molecule has 0 bridgehead atoms. The van der Waals surface area contributed by atoms with Crippen LogP contribution >= 0.6 is 0 Å². The maximum atomic E-state index is 5.72. The Bertz CT molecular complexity index is 725. The molecule has 1 aromatic carbocycles. The largest absolute Gasteiger partial charge is 0.491 e. The van der Waals surface area contributed by atoms with E-state index in [4.69, 9.17) is 9.26 Å². The predicted molar refractivity (Wildman–Crippen MR) is 78.0 cm³/mol. The zero-order valence-electron chi connectivity index (χ0n) is 12.0. The van der Waals surface area contributed by atoms with Crippen molar-refractivity contribution >= 4 is 10.9 Å². The van der Waals surface area contributed by atoms with E-state index in [0.717, 1.165) is 17.2 Å². The van der Waals surface area contributed by atoms with Crippen LogP contribution in [0.15, 0.2) is 41.1 Å². The Balaban J connectivity index is 1.89. The van der Waals surface area contributed by atoms with Crippen LogP contribution in [0.25, 0.3) is 10.9 Å². The van der Waals surface area contributed by atoms with Crippen molar-refractivity contribution in [1.29, 1.82) is 0 Å². The third kappa shape index (κ3) is 2.54. The lowest BCUT2D eigenvalue weighted by atomic mass is 10.2. The number of aryl methyl sites for hydroxylation is 1. The molecule has 104 valence electrons. The zero-order chi connectivity index (χ0) is 14.1. The molecule has 0 spiro atoms. The molecule has 0 unspecified atom stereocenters. The summed E-state index contributed by atoms with van der Waals surface area (Å²) in [6.45, 7) is 6.68. The molecule has 0 aliphatic carbocycles. The molecule has 20 heavy (non-hydrogen) atoms. The van der Waals surface area contributed by atoms with Crippen LogP contribution in [0.1, 0.15) is 25.3 Å². The van der Waals surface area contributed by atoms with Crippen molar-refractivity contribution in [3.63, 3.8) is 0 Å². The van der Waals surface area contributed by atoms with Crippen LogP contribution in [-0.4, -0.2) is 15.8 Å². The Morgan fingerprint density at radius 3 is 2.80 bits per heavy atom. The summed E-state index contributed by atoms with van der Waals surface area (Å²) in [5.74, 6) is 1.74. The van der Waals surface area contributed by atoms with Crippen LogP contribution in [0, 0.1) is 6.92 Å². The summed E-state index contributed by atoms with van der Waals surface area (Å²) in [6, 6.07) is 10.2. The molecular formula is C16H18N2O2. The Labute approximate surface area is 117 Å². The van der Waals surface area contributed by atoms with E-state index in [1.807, 2.05) is 32.9 Å². The van der Waals surface area contributed by atoms with Crippen LogP contribution in [-0.2, 0) is 6.54 Å². The van der Waals surface area contributed by atoms with Crippen molar-refractivity contribution in [1.82, 2.24) is 9.72 Å². The van der Waals surface area contributed by atoms with Crippen molar-refractivity contribution in [3.05, 3.63) is 48.0 Å². The Kier molecular flexibility index (Phi) is 3.22. The van der Waals surface area contributed by atoms with Crippen LogP contribution in [0.2, 0.25) is 0 Å². The third-order valence-electron chi connectivity index (χ3n) is 3.12. The average molecular weight is 270 g/mol. The summed E-state index contributed by atoms with van der Waals surface area (Å²) in [4.78, 5) is 0. The quantitative estimate of drug-likeness (QED) is 0.724. The van der Waals surface area contributed by atoms with Gasteiger partial charge in [-0.15, -0.1) is 0 Å². The molecule has 4 heteroatoms. The van der Waals surface area contributed by atoms with Gasteiger partial charge >= 0.3 is 0 Å². The lowest BCUT2D eigenvalue weighted by molar-refractivity contribution is 0.243. The average Bonchev–Trinajstić information content (AvgIpc) is 2.96. The summed E-state index contributed by atoms with van der Waals surface area (Å²) in [5, 5.41) is 5.20. The molecule has 2 heterocycles. The molecule has 0 amide bonds. The van der Waals surface area contributed by atoms with Crippen molar-refractivity contribution < 1.29 is 9.26 Å². The second kappa shape index (κ2) is 5.04. The molecule has 0 aliphatic heterocycles. The predicted octanol–water partition coefficient (Wildman–Crippen LogP) is 3.77. The number of benzene rings is 1. The van der Waals surface area contributed by atoms with Crippen LogP contribution in [0.3, 0.4) is 0 Å². The first kappa shape index (κ1) is 12.8. The summed E-state index contributed by atoms with van der Waals surface area (Å²) in [6.07, 6.45) is 2.25. The monoisotopic (exact) mass is 270 g/mol. The minimum atomic E-state index is 0.188. The van der Waals surface area contributed by atoms with Gasteiger partial charge in [0.05, 0.1) is 12.6 Å². The Morgan fingerprint density at radius 1 is 1.25 bits per heavy atom. The highest BCUT2D eigenvalue weighted by molar-refractivity contribution is 5.81. The van der Waals surface area contributed by atoms with Gasteiger partial charge in [0.1, 0.15) is 17.2 Å². The molecule has 0 atom stereocenters. The van der Waals surface area contributed by atoms with Gasteiger partial charge in [0.2, 0.25) is 0 Å². The Morgan fingerprint density at radius 2 is 2.10 bits per heavy atom. The van der Waals surface area contributed by atoms with Gasteiger partial charge in [-0.2, -0.15) is 0 Å². The molecule has 0 saturated heterocycles. The highest BCUT2D eigenvalue weighted by atomic mass is 16.5. The zero-order valence-corrected chi connectivity index (χ0v) is 12.0. The van der Waals surface area contributed by atoms with Gasteiger partial charge < -0.3 is 13.8 Å². The summed E-state index contributed by atoms with van der Waals surface area (Å²) < 4.78 is 13.0. The smallest absolute Gasteiger partial charge is 0.133 e. The van der Waals surface area contributed by atoms with E-state index in [1.165, 1.54) is 10.9 Å². The fraction of sp³-hybridized carbons (Fsp3) is 0.312. The van der Waals surface area contributed by atoms with Crippen molar-refractivity contribution in [2.75, 3.05) is 0 Å². The number of ether oxygens (including phenoxy) is 1. The first-order valence-corrected chi connectivity index (χ1v) is 6.79. The topological polar surface area (TPSA) is 40.2 Å². The second-order valence-electron chi connectivity index (χ2n) is 5.26. The van der Waals surface area contributed by atoms with Gasteiger partial charge in [-0.3, -0.25) is 0 Å². The van der Waals surface area contributed by atoms with Gasteiger partial charge in [0.25, 0.3) is 0 Å². The van der Waals surface area contributed by atoms with Crippen molar-refractivity contribution in [2.45, 2.75) is 33.4 Å². The second-order valence-corrected chi connectivity index (χ2v) is 5.26. The summed E-state index contributed by atoms with van der Waals surface area (Å²) >= 11 is 0. The number of aromatic nitrogens is 2.